The van der Waals surface area contributed by atoms with Crippen molar-refractivity contribution < 1.29 is 4.74 Å². The van der Waals surface area contributed by atoms with E-state index < -0.39 is 0 Å². The lowest BCUT2D eigenvalue weighted by atomic mass is 10.2. The van der Waals surface area contributed by atoms with E-state index >= 15 is 0 Å². The standard InChI is InChI=1S/C8H11NOS/c1-10-5-6-3-2-4-7(11)8(6)9/h2-4,11H,5,9H2,1H3. The van der Waals surface area contributed by atoms with E-state index in [1.54, 1.807) is 7.11 Å². The Labute approximate surface area is 71.8 Å². The molecule has 3 heteroatoms. The predicted octanol–water partition coefficient (Wildman–Crippen LogP) is 1.70. The molecule has 1 rings (SSSR count). The number of nitrogens with two attached hydrogens (primary N) is 1. The number of anilines is 1. The molecule has 0 bridgehead atoms. The van der Waals surface area contributed by atoms with Gasteiger partial charge < -0.3 is 10.5 Å². The monoisotopic (exact) mass is 169 g/mol. The number of para-hydroxylation sites is 1. The van der Waals surface area contributed by atoms with Crippen LogP contribution in [0.1, 0.15) is 5.56 Å². The largest absolute Gasteiger partial charge is 0.398 e. The van der Waals surface area contributed by atoms with Gasteiger partial charge in [0, 0.05) is 17.6 Å². The first-order valence-corrected chi connectivity index (χ1v) is 3.75. The summed E-state index contributed by atoms with van der Waals surface area (Å²) >= 11 is 4.18. The molecule has 0 heterocycles. The van der Waals surface area contributed by atoms with Gasteiger partial charge in [0.05, 0.1) is 12.3 Å². The molecule has 0 fully saturated rings. The minimum atomic E-state index is 0.542. The Bertz CT molecular complexity index is 250. The van der Waals surface area contributed by atoms with Crippen molar-refractivity contribution in [2.45, 2.75) is 11.5 Å². The maximum atomic E-state index is 5.71. The van der Waals surface area contributed by atoms with E-state index in [2.05, 4.69) is 12.6 Å². The van der Waals surface area contributed by atoms with Crippen LogP contribution in [-0.2, 0) is 11.3 Å². The summed E-state index contributed by atoms with van der Waals surface area (Å²) in [5.74, 6) is 0. The summed E-state index contributed by atoms with van der Waals surface area (Å²) in [7, 11) is 1.64. The Morgan fingerprint density at radius 1 is 1.55 bits per heavy atom. The van der Waals surface area contributed by atoms with Crippen LogP contribution in [0.15, 0.2) is 23.1 Å². The van der Waals surface area contributed by atoms with Gasteiger partial charge in [-0.1, -0.05) is 12.1 Å². The predicted molar refractivity (Wildman–Crippen MR) is 48.8 cm³/mol. The van der Waals surface area contributed by atoms with E-state index in [1.165, 1.54) is 0 Å². The minimum absolute atomic E-state index is 0.542. The average Bonchev–Trinajstić information content (AvgIpc) is 1.99. The van der Waals surface area contributed by atoms with Gasteiger partial charge in [-0.3, -0.25) is 0 Å². The zero-order valence-corrected chi connectivity index (χ0v) is 7.27. The molecule has 0 amide bonds. The molecule has 0 radical (unpaired) electrons. The van der Waals surface area contributed by atoms with Crippen molar-refractivity contribution in [3.8, 4) is 0 Å². The Balaban J connectivity index is 2.96. The fourth-order valence-corrected chi connectivity index (χ4v) is 1.11. The molecular formula is C8H11NOS. The number of thiol groups is 1. The lowest BCUT2D eigenvalue weighted by Crippen LogP contribution is -1.96. The lowest BCUT2D eigenvalue weighted by molar-refractivity contribution is 0.185. The molecule has 1 aromatic carbocycles. The number of ether oxygens (including phenoxy) is 1. The zero-order chi connectivity index (χ0) is 8.27. The van der Waals surface area contributed by atoms with Crippen LogP contribution in [0.2, 0.25) is 0 Å². The van der Waals surface area contributed by atoms with Crippen LogP contribution in [-0.4, -0.2) is 7.11 Å². The van der Waals surface area contributed by atoms with Crippen molar-refractivity contribution in [1.29, 1.82) is 0 Å². The molecule has 11 heavy (non-hydrogen) atoms. The van der Waals surface area contributed by atoms with Crippen molar-refractivity contribution in [2.75, 3.05) is 12.8 Å². The summed E-state index contributed by atoms with van der Waals surface area (Å²) in [6.45, 7) is 0.542. The van der Waals surface area contributed by atoms with Crippen molar-refractivity contribution in [1.82, 2.24) is 0 Å². The fraction of sp³-hybridized carbons (Fsp3) is 0.250. The van der Waals surface area contributed by atoms with Gasteiger partial charge in [-0.15, -0.1) is 12.6 Å². The van der Waals surface area contributed by atoms with Gasteiger partial charge in [0.25, 0.3) is 0 Å². The van der Waals surface area contributed by atoms with Gasteiger partial charge in [-0.05, 0) is 6.07 Å². The van der Waals surface area contributed by atoms with Gasteiger partial charge in [0.15, 0.2) is 0 Å². The second kappa shape index (κ2) is 3.64. The van der Waals surface area contributed by atoms with Crippen LogP contribution >= 0.6 is 12.6 Å². The van der Waals surface area contributed by atoms with E-state index in [4.69, 9.17) is 10.5 Å². The van der Waals surface area contributed by atoms with Crippen molar-refractivity contribution in [3.63, 3.8) is 0 Å². The second-order valence-electron chi connectivity index (χ2n) is 2.28. The Hall–Kier alpha value is -0.670. The number of rotatable bonds is 2. The Kier molecular flexibility index (Phi) is 2.79. The first kappa shape index (κ1) is 8.43. The highest BCUT2D eigenvalue weighted by Gasteiger charge is 1.99. The van der Waals surface area contributed by atoms with Gasteiger partial charge in [0.2, 0.25) is 0 Å². The summed E-state index contributed by atoms with van der Waals surface area (Å²) in [5.41, 5.74) is 7.40. The molecule has 0 spiro atoms. The van der Waals surface area contributed by atoms with Crippen molar-refractivity contribution >= 4 is 18.3 Å². The Morgan fingerprint density at radius 3 is 2.91 bits per heavy atom. The number of methoxy groups -OCH3 is 1. The normalized spacial score (nSPS) is 10.0. The molecule has 0 unspecified atom stereocenters. The van der Waals surface area contributed by atoms with E-state index in [9.17, 15) is 0 Å². The minimum Gasteiger partial charge on any atom is -0.398 e. The highest BCUT2D eigenvalue weighted by molar-refractivity contribution is 7.80. The smallest absolute Gasteiger partial charge is 0.0733 e. The van der Waals surface area contributed by atoms with Gasteiger partial charge in [-0.2, -0.15) is 0 Å². The highest BCUT2D eigenvalue weighted by atomic mass is 32.1. The lowest BCUT2D eigenvalue weighted by Gasteiger charge is -2.05. The SMILES string of the molecule is COCc1cccc(S)c1N. The third-order valence-electron chi connectivity index (χ3n) is 1.47. The third kappa shape index (κ3) is 1.88. The molecule has 60 valence electrons. The van der Waals surface area contributed by atoms with Crippen molar-refractivity contribution in [2.24, 2.45) is 0 Å². The number of benzene rings is 1. The van der Waals surface area contributed by atoms with Crippen LogP contribution < -0.4 is 5.73 Å². The molecule has 0 aliphatic carbocycles. The zero-order valence-electron chi connectivity index (χ0n) is 6.37. The summed E-state index contributed by atoms with van der Waals surface area (Å²) in [5, 5.41) is 0. The molecule has 2 nitrogen and oxygen atoms in total. The van der Waals surface area contributed by atoms with Gasteiger partial charge in [0.1, 0.15) is 0 Å². The van der Waals surface area contributed by atoms with Crippen LogP contribution in [0.3, 0.4) is 0 Å². The van der Waals surface area contributed by atoms with E-state index in [0.717, 1.165) is 10.5 Å². The van der Waals surface area contributed by atoms with Crippen LogP contribution in [0.25, 0.3) is 0 Å². The topological polar surface area (TPSA) is 35.2 Å². The third-order valence-corrected chi connectivity index (χ3v) is 1.86. The molecule has 0 saturated heterocycles. The molecule has 0 aliphatic heterocycles. The second-order valence-corrected chi connectivity index (χ2v) is 2.76. The van der Waals surface area contributed by atoms with E-state index in [0.29, 0.717) is 12.3 Å². The van der Waals surface area contributed by atoms with Crippen LogP contribution in [0.4, 0.5) is 5.69 Å². The quantitative estimate of drug-likeness (QED) is 0.522. The molecular weight excluding hydrogens is 158 g/mol. The van der Waals surface area contributed by atoms with Gasteiger partial charge in [-0.25, -0.2) is 0 Å². The molecule has 0 aliphatic rings. The fourth-order valence-electron chi connectivity index (χ4n) is 0.881. The number of nitrogen functional groups attached to an aromatic ring is 1. The maximum absolute atomic E-state index is 5.71. The summed E-state index contributed by atoms with van der Waals surface area (Å²) < 4.78 is 4.95. The number of hydrogen-bond acceptors (Lipinski definition) is 3. The average molecular weight is 169 g/mol. The summed E-state index contributed by atoms with van der Waals surface area (Å²) in [4.78, 5) is 0.805. The van der Waals surface area contributed by atoms with Crippen LogP contribution in [0.5, 0.6) is 0 Å². The van der Waals surface area contributed by atoms with E-state index in [1.807, 2.05) is 18.2 Å². The molecule has 0 aromatic heterocycles. The van der Waals surface area contributed by atoms with Crippen LogP contribution in [0, 0.1) is 0 Å². The summed E-state index contributed by atoms with van der Waals surface area (Å²) in [6, 6.07) is 5.70. The molecule has 2 N–H and O–H groups in total. The first-order valence-electron chi connectivity index (χ1n) is 3.31. The van der Waals surface area contributed by atoms with Gasteiger partial charge >= 0.3 is 0 Å². The summed E-state index contributed by atoms with van der Waals surface area (Å²) in [6.07, 6.45) is 0. The Morgan fingerprint density at radius 2 is 2.27 bits per heavy atom. The maximum Gasteiger partial charge on any atom is 0.0733 e. The van der Waals surface area contributed by atoms with E-state index in [-0.39, 0.29) is 0 Å². The highest BCUT2D eigenvalue weighted by Crippen LogP contribution is 2.20. The molecule has 1 aromatic rings. The molecule has 0 saturated carbocycles. The first-order chi connectivity index (χ1) is 5.25. The van der Waals surface area contributed by atoms with Crippen molar-refractivity contribution in [3.05, 3.63) is 23.8 Å². The molecule has 0 atom stereocenters. The number of hydrogen-bond donors (Lipinski definition) is 2.